The van der Waals surface area contributed by atoms with Gasteiger partial charge in [0.15, 0.2) is 0 Å². The molecule has 0 fully saturated rings. The van der Waals surface area contributed by atoms with Crippen LogP contribution in [0.1, 0.15) is 11.3 Å². The summed E-state index contributed by atoms with van der Waals surface area (Å²) in [6.45, 7) is 0.809. The second kappa shape index (κ2) is 10.2. The summed E-state index contributed by atoms with van der Waals surface area (Å²) in [5, 5.41) is 21.7. The Morgan fingerprint density at radius 3 is 2.22 bits per heavy atom. The molecule has 170 valence electrons. The predicted molar refractivity (Wildman–Crippen MR) is 123 cm³/mol. The third-order valence-corrected chi connectivity index (χ3v) is 6.88. The number of aromatic amines is 1. The molecule has 0 amide bonds. The molecule has 0 saturated carbocycles. The molecule has 3 N–H and O–H groups in total. The number of H-pyrrole nitrogens is 1. The number of halogens is 1. The molecule has 0 spiro atoms. The smallest absolute Gasteiger partial charge is 0.280 e. The zero-order valence-corrected chi connectivity index (χ0v) is 18.8. The second-order valence-corrected chi connectivity index (χ2v) is 9.25. The minimum atomic E-state index is -3.86. The van der Waals surface area contributed by atoms with Crippen LogP contribution in [0.2, 0.25) is 5.02 Å². The maximum atomic E-state index is 12.8. The highest BCUT2D eigenvalue weighted by molar-refractivity contribution is 7.89. The van der Waals surface area contributed by atoms with Crippen LogP contribution in [0.25, 0.3) is 5.69 Å². The summed E-state index contributed by atoms with van der Waals surface area (Å²) < 4.78 is 27.7. The number of hydrogen-bond donors (Lipinski definition) is 3. The van der Waals surface area contributed by atoms with E-state index in [0.717, 1.165) is 4.31 Å². The van der Waals surface area contributed by atoms with E-state index in [2.05, 4.69) is 10.1 Å². The summed E-state index contributed by atoms with van der Waals surface area (Å²) in [5.41, 5.74) is 1.80. The summed E-state index contributed by atoms with van der Waals surface area (Å²) >= 11 is 5.90. The standard InChI is InChI=1S/C21H23ClN4O5S/c1-15-20(21(29)26(24-15)18-6-2-16(22)3-7-18)14-23-17-4-8-19(9-5-17)32(30,31)25(10-12-27)11-13-28/h2-9,14,24,27-28H,10-13H2,1H3. The predicted octanol–water partition coefficient (Wildman–Crippen LogP) is 1.85. The Morgan fingerprint density at radius 2 is 1.66 bits per heavy atom. The molecular weight excluding hydrogens is 456 g/mol. The Morgan fingerprint density at radius 1 is 1.06 bits per heavy atom. The zero-order chi connectivity index (χ0) is 23.3. The number of nitrogens with one attached hydrogen (secondary N) is 1. The molecule has 0 bridgehead atoms. The van der Waals surface area contributed by atoms with Crippen LogP contribution >= 0.6 is 11.6 Å². The first kappa shape index (κ1) is 23.9. The number of rotatable bonds is 9. The molecule has 0 aliphatic carbocycles. The minimum absolute atomic E-state index is 0.0151. The summed E-state index contributed by atoms with van der Waals surface area (Å²) in [4.78, 5) is 17.1. The average molecular weight is 479 g/mol. The van der Waals surface area contributed by atoms with E-state index in [0.29, 0.717) is 27.7 Å². The topological polar surface area (TPSA) is 128 Å². The van der Waals surface area contributed by atoms with Crippen molar-refractivity contribution in [3.8, 4) is 5.69 Å². The van der Waals surface area contributed by atoms with Gasteiger partial charge in [0.1, 0.15) is 0 Å². The lowest BCUT2D eigenvalue weighted by molar-refractivity contribution is 0.217. The van der Waals surface area contributed by atoms with Gasteiger partial charge in [0.05, 0.1) is 35.0 Å². The quantitative estimate of drug-likeness (QED) is 0.404. The molecule has 0 radical (unpaired) electrons. The summed E-state index contributed by atoms with van der Waals surface area (Å²) in [7, 11) is -3.86. The van der Waals surface area contributed by atoms with Gasteiger partial charge in [-0.3, -0.25) is 14.9 Å². The van der Waals surface area contributed by atoms with E-state index in [9.17, 15) is 13.2 Å². The highest BCUT2D eigenvalue weighted by Crippen LogP contribution is 2.20. The van der Waals surface area contributed by atoms with E-state index in [1.165, 1.54) is 35.2 Å². The first-order valence-electron chi connectivity index (χ1n) is 9.71. The largest absolute Gasteiger partial charge is 0.395 e. The lowest BCUT2D eigenvalue weighted by Gasteiger charge is -2.20. The van der Waals surface area contributed by atoms with E-state index < -0.39 is 10.0 Å². The maximum absolute atomic E-state index is 12.8. The Bertz CT molecular complexity index is 1240. The summed E-state index contributed by atoms with van der Waals surface area (Å²) in [5.74, 6) is 0. The van der Waals surface area contributed by atoms with E-state index in [1.807, 2.05) is 0 Å². The van der Waals surface area contributed by atoms with Gasteiger partial charge in [0, 0.05) is 30.0 Å². The van der Waals surface area contributed by atoms with Gasteiger partial charge in [-0.1, -0.05) is 11.6 Å². The monoisotopic (exact) mass is 478 g/mol. The molecule has 3 rings (SSSR count). The SMILES string of the molecule is Cc1[nH]n(-c2ccc(Cl)cc2)c(=O)c1C=Nc1ccc(S(=O)(=O)N(CCO)CCO)cc1. The molecule has 1 heterocycles. The number of benzene rings is 2. The zero-order valence-electron chi connectivity index (χ0n) is 17.3. The van der Waals surface area contributed by atoms with Crippen molar-refractivity contribution < 1.29 is 18.6 Å². The third kappa shape index (κ3) is 5.17. The fourth-order valence-electron chi connectivity index (χ4n) is 3.05. The molecule has 32 heavy (non-hydrogen) atoms. The van der Waals surface area contributed by atoms with E-state index in [1.54, 1.807) is 31.2 Å². The lowest BCUT2D eigenvalue weighted by Crippen LogP contribution is -2.35. The molecule has 1 aromatic heterocycles. The number of aliphatic hydroxyl groups is 2. The Kier molecular flexibility index (Phi) is 7.64. The molecule has 11 heteroatoms. The summed E-state index contributed by atoms with van der Waals surface area (Å²) in [6, 6.07) is 12.6. The fourth-order valence-corrected chi connectivity index (χ4v) is 4.60. The number of nitrogens with zero attached hydrogens (tertiary/aromatic N) is 3. The molecule has 0 aliphatic rings. The van der Waals surface area contributed by atoms with Crippen LogP contribution in [-0.2, 0) is 10.0 Å². The fraction of sp³-hybridized carbons (Fsp3) is 0.238. The highest BCUT2D eigenvalue weighted by atomic mass is 35.5. The van der Waals surface area contributed by atoms with Crippen molar-refractivity contribution in [2.45, 2.75) is 11.8 Å². The van der Waals surface area contributed by atoms with Crippen molar-refractivity contribution in [3.05, 3.63) is 75.2 Å². The molecule has 0 atom stereocenters. The molecule has 0 saturated heterocycles. The maximum Gasteiger partial charge on any atom is 0.280 e. The van der Waals surface area contributed by atoms with Crippen LogP contribution in [0, 0.1) is 6.92 Å². The van der Waals surface area contributed by atoms with Crippen LogP contribution in [-0.4, -0.2) is 65.2 Å². The first-order valence-corrected chi connectivity index (χ1v) is 11.5. The lowest BCUT2D eigenvalue weighted by atomic mass is 10.2. The van der Waals surface area contributed by atoms with Crippen molar-refractivity contribution in [1.82, 2.24) is 14.1 Å². The number of hydrogen-bond acceptors (Lipinski definition) is 6. The van der Waals surface area contributed by atoms with Gasteiger partial charge in [-0.05, 0) is 55.5 Å². The van der Waals surface area contributed by atoms with Gasteiger partial charge in [0.25, 0.3) is 5.56 Å². The van der Waals surface area contributed by atoms with Crippen molar-refractivity contribution in [3.63, 3.8) is 0 Å². The van der Waals surface area contributed by atoms with Crippen molar-refractivity contribution >= 4 is 33.5 Å². The Labute approximate surface area is 190 Å². The van der Waals surface area contributed by atoms with Crippen LogP contribution in [0.5, 0.6) is 0 Å². The Balaban J connectivity index is 1.84. The highest BCUT2D eigenvalue weighted by Gasteiger charge is 2.23. The number of aryl methyl sites for hydroxylation is 1. The van der Waals surface area contributed by atoms with Gasteiger partial charge < -0.3 is 10.2 Å². The molecule has 3 aromatic rings. The van der Waals surface area contributed by atoms with Crippen LogP contribution in [0.3, 0.4) is 0 Å². The minimum Gasteiger partial charge on any atom is -0.395 e. The molecule has 0 unspecified atom stereocenters. The van der Waals surface area contributed by atoms with Crippen molar-refractivity contribution in [2.24, 2.45) is 4.99 Å². The summed E-state index contributed by atoms with van der Waals surface area (Å²) in [6.07, 6.45) is 1.42. The second-order valence-electron chi connectivity index (χ2n) is 6.87. The third-order valence-electron chi connectivity index (χ3n) is 4.72. The number of aliphatic hydroxyl groups excluding tert-OH is 2. The van der Waals surface area contributed by atoms with Crippen LogP contribution in [0.4, 0.5) is 5.69 Å². The van der Waals surface area contributed by atoms with Gasteiger partial charge in [-0.25, -0.2) is 13.1 Å². The number of aliphatic imine (C=N–C) groups is 1. The van der Waals surface area contributed by atoms with Gasteiger partial charge in [0.2, 0.25) is 10.0 Å². The Hall–Kier alpha value is -2.76. The molecule has 9 nitrogen and oxygen atoms in total. The van der Waals surface area contributed by atoms with Gasteiger partial charge >= 0.3 is 0 Å². The van der Waals surface area contributed by atoms with E-state index in [4.69, 9.17) is 21.8 Å². The van der Waals surface area contributed by atoms with Crippen LogP contribution < -0.4 is 5.56 Å². The normalized spacial score (nSPS) is 12.2. The van der Waals surface area contributed by atoms with Crippen molar-refractivity contribution in [2.75, 3.05) is 26.3 Å². The molecular formula is C21H23ClN4O5S. The first-order chi connectivity index (χ1) is 15.3. The van der Waals surface area contributed by atoms with E-state index >= 15 is 0 Å². The number of sulfonamides is 1. The molecule has 2 aromatic carbocycles. The number of aromatic nitrogens is 2. The van der Waals surface area contributed by atoms with E-state index in [-0.39, 0.29) is 36.8 Å². The van der Waals surface area contributed by atoms with Crippen LogP contribution in [0.15, 0.2) is 63.2 Å². The van der Waals surface area contributed by atoms with Gasteiger partial charge in [-0.15, -0.1) is 0 Å². The van der Waals surface area contributed by atoms with Gasteiger partial charge in [-0.2, -0.15) is 4.31 Å². The average Bonchev–Trinajstić information content (AvgIpc) is 3.06. The van der Waals surface area contributed by atoms with Crippen molar-refractivity contribution in [1.29, 1.82) is 0 Å². The molecule has 0 aliphatic heterocycles.